The Morgan fingerprint density at radius 2 is 1.86 bits per heavy atom. The topological polar surface area (TPSA) is 92.8 Å². The van der Waals surface area contributed by atoms with Crippen molar-refractivity contribution in [2.24, 2.45) is 5.92 Å². The molecule has 1 N–H and O–H groups in total. The van der Waals surface area contributed by atoms with Gasteiger partial charge in [-0.25, -0.2) is 4.68 Å². The summed E-state index contributed by atoms with van der Waals surface area (Å²) in [7, 11) is 0. The summed E-state index contributed by atoms with van der Waals surface area (Å²) >= 11 is 0. The molecule has 8 nitrogen and oxygen atoms in total. The van der Waals surface area contributed by atoms with E-state index in [1.54, 1.807) is 6.26 Å². The van der Waals surface area contributed by atoms with E-state index in [0.717, 1.165) is 34.5 Å². The fourth-order valence-electron chi connectivity index (χ4n) is 4.91. The second kappa shape index (κ2) is 10.9. The van der Waals surface area contributed by atoms with Crippen molar-refractivity contribution in [1.29, 1.82) is 0 Å². The second-order valence-corrected chi connectivity index (χ2v) is 9.88. The van der Waals surface area contributed by atoms with Gasteiger partial charge in [0.05, 0.1) is 18.8 Å². The van der Waals surface area contributed by atoms with Gasteiger partial charge in [-0.1, -0.05) is 55.8 Å². The van der Waals surface area contributed by atoms with E-state index in [0.29, 0.717) is 25.2 Å². The summed E-state index contributed by atoms with van der Waals surface area (Å²) in [5.74, 6) is 1.78. The predicted molar refractivity (Wildman–Crippen MR) is 143 cm³/mol. The van der Waals surface area contributed by atoms with Crippen LogP contribution in [0.4, 0.5) is 0 Å². The first-order chi connectivity index (χ1) is 18.0. The largest absolute Gasteiger partial charge is 0.468 e. The molecule has 0 spiro atoms. The number of hydrogen-bond donors (Lipinski definition) is 1. The van der Waals surface area contributed by atoms with Gasteiger partial charge < -0.3 is 9.40 Å². The molecule has 0 radical (unpaired) electrons. The SMILES string of the molecule is Cc1ccc2[nH]c(=O)c(CN(Cc3ccco3)C(c3nnnn3CCc3ccccc3)C(C)C)cc2c1. The highest BCUT2D eigenvalue weighted by atomic mass is 16.3. The van der Waals surface area contributed by atoms with Gasteiger partial charge in [-0.3, -0.25) is 9.69 Å². The second-order valence-electron chi connectivity index (χ2n) is 9.88. The molecule has 0 saturated carbocycles. The molecule has 0 saturated heterocycles. The Bertz CT molecular complexity index is 1500. The number of furan rings is 1. The Kier molecular flexibility index (Phi) is 7.28. The van der Waals surface area contributed by atoms with Crippen LogP contribution in [0.25, 0.3) is 10.9 Å². The molecule has 2 aromatic carbocycles. The molecule has 0 fully saturated rings. The maximum absolute atomic E-state index is 13.1. The summed E-state index contributed by atoms with van der Waals surface area (Å²) in [6, 6.07) is 22.1. The molecule has 1 unspecified atom stereocenters. The number of rotatable bonds is 10. The first-order valence-electron chi connectivity index (χ1n) is 12.7. The molecule has 8 heteroatoms. The van der Waals surface area contributed by atoms with Crippen molar-refractivity contribution in [2.75, 3.05) is 0 Å². The first-order valence-corrected chi connectivity index (χ1v) is 12.7. The van der Waals surface area contributed by atoms with E-state index in [1.165, 1.54) is 5.56 Å². The third kappa shape index (κ3) is 5.70. The van der Waals surface area contributed by atoms with E-state index in [1.807, 2.05) is 53.2 Å². The minimum atomic E-state index is -0.136. The quantitative estimate of drug-likeness (QED) is 0.291. The lowest BCUT2D eigenvalue weighted by Gasteiger charge is -2.33. The zero-order valence-electron chi connectivity index (χ0n) is 21.5. The molecule has 190 valence electrons. The first kappa shape index (κ1) is 24.6. The molecule has 37 heavy (non-hydrogen) atoms. The number of aromatic nitrogens is 5. The fraction of sp³-hybridized carbons (Fsp3) is 0.310. The Morgan fingerprint density at radius 1 is 1.03 bits per heavy atom. The molecule has 0 aliphatic rings. The van der Waals surface area contributed by atoms with Crippen LogP contribution < -0.4 is 5.56 Å². The van der Waals surface area contributed by atoms with Crippen molar-refractivity contribution < 1.29 is 4.42 Å². The van der Waals surface area contributed by atoms with Crippen molar-refractivity contribution in [3.05, 3.63) is 112 Å². The average molecular weight is 497 g/mol. The van der Waals surface area contributed by atoms with Crippen LogP contribution in [-0.4, -0.2) is 30.1 Å². The van der Waals surface area contributed by atoms with Crippen LogP contribution >= 0.6 is 0 Å². The number of tetrazole rings is 1. The van der Waals surface area contributed by atoms with Crippen LogP contribution in [-0.2, 0) is 26.1 Å². The highest BCUT2D eigenvalue weighted by molar-refractivity contribution is 5.79. The lowest BCUT2D eigenvalue weighted by atomic mass is 10.00. The molecule has 1 atom stereocenters. The maximum atomic E-state index is 13.1. The molecular formula is C29H32N6O2. The third-order valence-corrected chi connectivity index (χ3v) is 6.69. The molecule has 0 aliphatic carbocycles. The van der Waals surface area contributed by atoms with E-state index >= 15 is 0 Å². The average Bonchev–Trinajstić information content (AvgIpc) is 3.56. The van der Waals surface area contributed by atoms with Crippen molar-refractivity contribution in [3.8, 4) is 0 Å². The van der Waals surface area contributed by atoms with Crippen LogP contribution in [0, 0.1) is 12.8 Å². The summed E-state index contributed by atoms with van der Waals surface area (Å²) in [5.41, 5.74) is 3.82. The fourth-order valence-corrected chi connectivity index (χ4v) is 4.91. The molecule has 3 aromatic heterocycles. The molecule has 0 bridgehead atoms. The summed E-state index contributed by atoms with van der Waals surface area (Å²) in [6.07, 6.45) is 2.50. The summed E-state index contributed by atoms with van der Waals surface area (Å²) in [4.78, 5) is 18.4. The van der Waals surface area contributed by atoms with Crippen LogP contribution in [0.15, 0.2) is 82.2 Å². The normalized spacial score (nSPS) is 12.6. The molecule has 5 aromatic rings. The van der Waals surface area contributed by atoms with Gasteiger partial charge in [0.15, 0.2) is 5.82 Å². The van der Waals surface area contributed by atoms with Crippen molar-refractivity contribution in [2.45, 2.75) is 52.9 Å². The number of nitrogens with zero attached hydrogens (tertiary/aromatic N) is 5. The van der Waals surface area contributed by atoms with Crippen LogP contribution in [0.5, 0.6) is 0 Å². The Balaban J connectivity index is 1.49. The van der Waals surface area contributed by atoms with Crippen LogP contribution in [0.1, 0.15) is 48.2 Å². The van der Waals surface area contributed by atoms with Gasteiger partial charge in [-0.05, 0) is 71.0 Å². The minimum Gasteiger partial charge on any atom is -0.468 e. The maximum Gasteiger partial charge on any atom is 0.252 e. The van der Waals surface area contributed by atoms with Crippen molar-refractivity contribution in [1.82, 2.24) is 30.1 Å². The molecule has 5 rings (SSSR count). The number of hydrogen-bond acceptors (Lipinski definition) is 6. The van der Waals surface area contributed by atoms with E-state index in [4.69, 9.17) is 4.42 Å². The van der Waals surface area contributed by atoms with Crippen molar-refractivity contribution >= 4 is 10.9 Å². The number of benzene rings is 2. The highest BCUT2D eigenvalue weighted by Gasteiger charge is 2.30. The smallest absolute Gasteiger partial charge is 0.252 e. The van der Waals surface area contributed by atoms with Gasteiger partial charge in [-0.2, -0.15) is 0 Å². The number of fused-ring (bicyclic) bond motifs is 1. The Labute approximate surface area is 215 Å². The monoisotopic (exact) mass is 496 g/mol. The Hall–Kier alpha value is -4.04. The predicted octanol–water partition coefficient (Wildman–Crippen LogP) is 5.06. The van der Waals surface area contributed by atoms with Gasteiger partial charge in [0, 0.05) is 24.2 Å². The highest BCUT2D eigenvalue weighted by Crippen LogP contribution is 2.30. The Morgan fingerprint density at radius 3 is 2.62 bits per heavy atom. The molecular weight excluding hydrogens is 464 g/mol. The number of H-pyrrole nitrogens is 1. The van der Waals surface area contributed by atoms with Crippen molar-refractivity contribution in [3.63, 3.8) is 0 Å². The zero-order valence-corrected chi connectivity index (χ0v) is 21.5. The zero-order chi connectivity index (χ0) is 25.8. The number of nitrogens with one attached hydrogen (secondary N) is 1. The standard InChI is InChI=1S/C29H32N6O2/c1-20(2)27(28-31-32-33-35(28)14-13-22-8-5-4-6-9-22)34(19-25-10-7-15-37-25)18-24-17-23-16-21(3)11-12-26(23)30-29(24)36/h4-12,15-17,20,27H,13-14,18-19H2,1-3H3,(H,30,36). The number of aryl methyl sites for hydroxylation is 3. The van der Waals surface area contributed by atoms with E-state index in [2.05, 4.69) is 64.4 Å². The third-order valence-electron chi connectivity index (χ3n) is 6.69. The molecule has 3 heterocycles. The lowest BCUT2D eigenvalue weighted by molar-refractivity contribution is 0.116. The van der Waals surface area contributed by atoms with Gasteiger partial charge in [0.2, 0.25) is 0 Å². The van der Waals surface area contributed by atoms with Gasteiger partial charge in [0.1, 0.15) is 5.76 Å². The summed E-state index contributed by atoms with van der Waals surface area (Å²) in [6.45, 7) is 7.98. The van der Waals surface area contributed by atoms with Gasteiger partial charge in [-0.15, -0.1) is 5.10 Å². The number of pyridine rings is 1. The number of aromatic amines is 1. The lowest BCUT2D eigenvalue weighted by Crippen LogP contribution is -2.35. The van der Waals surface area contributed by atoms with Crippen LogP contribution in [0.3, 0.4) is 0 Å². The van der Waals surface area contributed by atoms with Gasteiger partial charge in [0.25, 0.3) is 5.56 Å². The van der Waals surface area contributed by atoms with Crippen LogP contribution in [0.2, 0.25) is 0 Å². The van der Waals surface area contributed by atoms with Gasteiger partial charge >= 0.3 is 0 Å². The summed E-state index contributed by atoms with van der Waals surface area (Å²) in [5, 5.41) is 13.8. The molecule has 0 aliphatic heterocycles. The van der Waals surface area contributed by atoms with E-state index in [9.17, 15) is 4.79 Å². The summed E-state index contributed by atoms with van der Waals surface area (Å²) < 4.78 is 7.60. The molecule has 0 amide bonds. The van der Waals surface area contributed by atoms with E-state index < -0.39 is 0 Å². The minimum absolute atomic E-state index is 0.0908. The van der Waals surface area contributed by atoms with E-state index in [-0.39, 0.29) is 17.5 Å².